The Bertz CT molecular complexity index is 700. The molecule has 1 aromatic rings. The summed E-state index contributed by atoms with van der Waals surface area (Å²) < 4.78 is 10.7. The van der Waals surface area contributed by atoms with Gasteiger partial charge in [-0.1, -0.05) is 31.8 Å². The molecule has 0 atom stereocenters. The summed E-state index contributed by atoms with van der Waals surface area (Å²) in [4.78, 5) is 25.2. The summed E-state index contributed by atoms with van der Waals surface area (Å²) in [6.07, 6.45) is 0.164. The number of methoxy groups -OCH3 is 2. The highest BCUT2D eigenvalue weighted by Gasteiger charge is 2.48. The van der Waals surface area contributed by atoms with E-state index in [-0.39, 0.29) is 12.8 Å². The minimum absolute atomic E-state index is 0.0432. The van der Waals surface area contributed by atoms with Crippen LogP contribution in [0, 0.1) is 20.4 Å². The molecular weight excluding hydrogens is 449 g/mol. The second-order valence-electron chi connectivity index (χ2n) is 6.79. The third-order valence-electron chi connectivity index (χ3n) is 3.61. The second-order valence-corrected chi connectivity index (χ2v) is 12.6. The lowest BCUT2D eigenvalue weighted by atomic mass is 9.78. The molecule has 136 valence electrons. The maximum atomic E-state index is 12.6. The number of nitrogen functional groups attached to an aromatic ring is 1. The Morgan fingerprint density at radius 2 is 1.76 bits per heavy atom. The number of ether oxygens (including phenoxy) is 2. The zero-order valence-corrected chi connectivity index (χ0v) is 18.4. The summed E-state index contributed by atoms with van der Waals surface area (Å²) in [5.41, 5.74) is 9.01. The summed E-state index contributed by atoms with van der Waals surface area (Å²) in [7, 11) is 0.875. The fourth-order valence-electron chi connectivity index (χ4n) is 2.35. The number of rotatable bonds is 5. The molecule has 0 spiro atoms. The van der Waals surface area contributed by atoms with Gasteiger partial charge in [-0.2, -0.15) is 0 Å². The molecule has 0 fully saturated rings. The van der Waals surface area contributed by atoms with Crippen molar-refractivity contribution in [3.05, 3.63) is 27.3 Å². The maximum Gasteiger partial charge on any atom is 0.324 e. The Balaban J connectivity index is 3.42. The number of benzene rings is 1. The summed E-state index contributed by atoms with van der Waals surface area (Å²) >= 11 is 2.11. The average Bonchev–Trinajstić information content (AvgIpc) is 2.55. The van der Waals surface area contributed by atoms with E-state index in [0.717, 1.165) is 9.13 Å². The Hall–Kier alpha value is -1.53. The number of hydrogen-bond acceptors (Lipinski definition) is 5. The number of nitrogens with two attached hydrogens (primary N) is 1. The highest BCUT2D eigenvalue weighted by atomic mass is 127. The number of halogens is 1. The molecule has 0 unspecified atom stereocenters. The molecule has 25 heavy (non-hydrogen) atoms. The summed E-state index contributed by atoms with van der Waals surface area (Å²) in [5, 5.41) is 0. The standard InChI is InChI=1S/C18H24INO4Si/c1-23-16(21)18(17(22)24-2,10-7-11-25(3,4)5)12-13-8-6-9-14(20)15(13)19/h6,8-9H,10,12,20H2,1-5H3. The molecule has 0 aliphatic carbocycles. The molecule has 0 saturated carbocycles. The van der Waals surface area contributed by atoms with E-state index in [9.17, 15) is 9.59 Å². The van der Waals surface area contributed by atoms with Gasteiger partial charge >= 0.3 is 11.9 Å². The Morgan fingerprint density at radius 3 is 2.24 bits per heavy atom. The van der Waals surface area contributed by atoms with Gasteiger partial charge < -0.3 is 15.2 Å². The minimum atomic E-state index is -1.65. The van der Waals surface area contributed by atoms with Crippen LogP contribution in [0.2, 0.25) is 19.6 Å². The molecule has 0 radical (unpaired) electrons. The summed E-state index contributed by atoms with van der Waals surface area (Å²) in [5.74, 6) is 1.73. The minimum Gasteiger partial charge on any atom is -0.468 e. The van der Waals surface area contributed by atoms with Gasteiger partial charge in [-0.25, -0.2) is 0 Å². The van der Waals surface area contributed by atoms with Crippen molar-refractivity contribution in [1.82, 2.24) is 0 Å². The number of carbonyl (C=O) groups excluding carboxylic acids is 2. The van der Waals surface area contributed by atoms with Crippen molar-refractivity contribution in [2.24, 2.45) is 5.41 Å². The number of anilines is 1. The van der Waals surface area contributed by atoms with Crippen LogP contribution in [0.15, 0.2) is 18.2 Å². The molecule has 0 aliphatic rings. The predicted octanol–water partition coefficient (Wildman–Crippen LogP) is 3.02. The zero-order valence-electron chi connectivity index (χ0n) is 15.2. The average molecular weight is 473 g/mol. The van der Waals surface area contributed by atoms with Crippen LogP contribution in [0.3, 0.4) is 0 Å². The highest BCUT2D eigenvalue weighted by Crippen LogP contribution is 2.33. The Morgan fingerprint density at radius 1 is 1.20 bits per heavy atom. The summed E-state index contributed by atoms with van der Waals surface area (Å²) in [6, 6.07) is 5.40. The van der Waals surface area contributed by atoms with E-state index >= 15 is 0 Å². The van der Waals surface area contributed by atoms with Gasteiger partial charge in [0.25, 0.3) is 0 Å². The summed E-state index contributed by atoms with van der Waals surface area (Å²) in [6.45, 7) is 6.29. The van der Waals surface area contributed by atoms with Gasteiger partial charge in [-0.3, -0.25) is 9.59 Å². The zero-order chi connectivity index (χ0) is 19.3. The van der Waals surface area contributed by atoms with E-state index in [4.69, 9.17) is 15.2 Å². The van der Waals surface area contributed by atoms with E-state index in [1.54, 1.807) is 12.1 Å². The van der Waals surface area contributed by atoms with Crippen molar-refractivity contribution >= 4 is 48.3 Å². The van der Waals surface area contributed by atoms with Gasteiger partial charge in [0.05, 0.1) is 14.2 Å². The number of esters is 2. The number of carbonyl (C=O) groups is 2. The van der Waals surface area contributed by atoms with Crippen molar-refractivity contribution in [3.8, 4) is 11.5 Å². The number of hydrogen-bond donors (Lipinski definition) is 1. The molecule has 2 N–H and O–H groups in total. The van der Waals surface area contributed by atoms with Crippen molar-refractivity contribution < 1.29 is 19.1 Å². The Kier molecular flexibility index (Phi) is 7.50. The van der Waals surface area contributed by atoms with Crippen LogP contribution in [-0.2, 0) is 25.5 Å². The molecule has 7 heteroatoms. The van der Waals surface area contributed by atoms with Crippen LogP contribution >= 0.6 is 22.6 Å². The van der Waals surface area contributed by atoms with Crippen molar-refractivity contribution in [1.29, 1.82) is 0 Å². The van der Waals surface area contributed by atoms with E-state index < -0.39 is 25.4 Å². The van der Waals surface area contributed by atoms with Crippen LogP contribution < -0.4 is 5.73 Å². The largest absolute Gasteiger partial charge is 0.468 e. The SMILES string of the molecule is COC(=O)C(CC#C[Si](C)(C)C)(Cc1cccc(N)c1I)C(=O)OC. The molecule has 1 rings (SSSR count). The van der Waals surface area contributed by atoms with Crippen LogP contribution in [0.4, 0.5) is 5.69 Å². The molecule has 0 amide bonds. The molecule has 0 bridgehead atoms. The lowest BCUT2D eigenvalue weighted by Gasteiger charge is -2.27. The maximum absolute atomic E-state index is 12.6. The Labute approximate surface area is 163 Å². The predicted molar refractivity (Wildman–Crippen MR) is 109 cm³/mol. The lowest BCUT2D eigenvalue weighted by Crippen LogP contribution is -2.43. The molecule has 0 aliphatic heterocycles. The molecule has 5 nitrogen and oxygen atoms in total. The molecular formula is C18H24INO4Si. The van der Waals surface area contributed by atoms with Gasteiger partial charge in [0.15, 0.2) is 5.41 Å². The molecule has 1 aromatic carbocycles. The highest BCUT2D eigenvalue weighted by molar-refractivity contribution is 14.1. The van der Waals surface area contributed by atoms with E-state index in [1.807, 2.05) is 6.07 Å². The van der Waals surface area contributed by atoms with Gasteiger partial charge in [-0.05, 0) is 34.2 Å². The van der Waals surface area contributed by atoms with E-state index in [2.05, 4.69) is 53.7 Å². The normalized spacial score (nSPS) is 11.3. The van der Waals surface area contributed by atoms with E-state index in [0.29, 0.717) is 5.69 Å². The van der Waals surface area contributed by atoms with Gasteiger partial charge in [0, 0.05) is 22.1 Å². The van der Waals surface area contributed by atoms with Crippen LogP contribution in [-0.4, -0.2) is 34.2 Å². The molecule has 0 saturated heterocycles. The topological polar surface area (TPSA) is 78.6 Å². The molecule has 0 aromatic heterocycles. The smallest absolute Gasteiger partial charge is 0.324 e. The van der Waals surface area contributed by atoms with Crippen molar-refractivity contribution in [2.45, 2.75) is 32.5 Å². The van der Waals surface area contributed by atoms with Crippen LogP contribution in [0.25, 0.3) is 0 Å². The van der Waals surface area contributed by atoms with E-state index in [1.165, 1.54) is 14.2 Å². The third kappa shape index (κ3) is 5.47. The fraction of sp³-hybridized carbons (Fsp3) is 0.444. The van der Waals surface area contributed by atoms with Gasteiger partial charge in [0.2, 0.25) is 0 Å². The van der Waals surface area contributed by atoms with Crippen LogP contribution in [0.1, 0.15) is 12.0 Å². The fourth-order valence-corrected chi connectivity index (χ4v) is 3.52. The first kappa shape index (κ1) is 21.5. The first-order valence-electron chi connectivity index (χ1n) is 7.77. The monoisotopic (exact) mass is 473 g/mol. The lowest BCUT2D eigenvalue weighted by molar-refractivity contribution is -0.168. The molecule has 0 heterocycles. The van der Waals surface area contributed by atoms with Gasteiger partial charge in [-0.15, -0.1) is 11.5 Å². The first-order valence-corrected chi connectivity index (χ1v) is 12.3. The second kappa shape index (κ2) is 8.72. The van der Waals surface area contributed by atoms with Crippen molar-refractivity contribution in [2.75, 3.05) is 20.0 Å². The van der Waals surface area contributed by atoms with Crippen LogP contribution in [0.5, 0.6) is 0 Å². The van der Waals surface area contributed by atoms with Crippen molar-refractivity contribution in [3.63, 3.8) is 0 Å². The van der Waals surface area contributed by atoms with Gasteiger partial charge in [0.1, 0.15) is 8.07 Å². The first-order chi connectivity index (χ1) is 11.6. The quantitative estimate of drug-likeness (QED) is 0.178. The third-order valence-corrected chi connectivity index (χ3v) is 5.85.